The van der Waals surface area contributed by atoms with Gasteiger partial charge in [-0.05, 0) is 17.4 Å². The van der Waals surface area contributed by atoms with Crippen molar-refractivity contribution in [1.82, 2.24) is 9.97 Å². The maximum atomic E-state index is 5.84. The second kappa shape index (κ2) is 3.89. The Morgan fingerprint density at radius 2 is 2.06 bits per heavy atom. The van der Waals surface area contributed by atoms with Gasteiger partial charge < -0.3 is 5.73 Å². The van der Waals surface area contributed by atoms with Crippen molar-refractivity contribution in [3.63, 3.8) is 0 Å². The normalized spacial score (nSPS) is 11.2. The van der Waals surface area contributed by atoms with Gasteiger partial charge in [-0.1, -0.05) is 19.6 Å². The molecule has 2 aromatic heterocycles. The van der Waals surface area contributed by atoms with E-state index in [-0.39, 0.29) is 0 Å². The van der Waals surface area contributed by atoms with Crippen molar-refractivity contribution in [2.24, 2.45) is 0 Å². The second-order valence-electron chi connectivity index (χ2n) is 4.57. The zero-order chi connectivity index (χ0) is 11.8. The van der Waals surface area contributed by atoms with Crippen LogP contribution < -0.4 is 5.73 Å². The van der Waals surface area contributed by atoms with Crippen molar-refractivity contribution in [2.75, 3.05) is 5.73 Å². The quantitative estimate of drug-likeness (QED) is 0.575. The van der Waals surface area contributed by atoms with Crippen molar-refractivity contribution in [2.45, 2.75) is 19.6 Å². The molecule has 16 heavy (non-hydrogen) atoms. The molecule has 0 saturated heterocycles. The van der Waals surface area contributed by atoms with Crippen LogP contribution in [-0.2, 0) is 0 Å². The molecule has 0 radical (unpaired) electrons. The van der Waals surface area contributed by atoms with Crippen LogP contribution in [0.4, 0.5) is 5.82 Å². The topological polar surface area (TPSA) is 51.8 Å². The Balaban J connectivity index is 2.49. The van der Waals surface area contributed by atoms with Crippen LogP contribution in [0.5, 0.6) is 0 Å². The number of nitrogens with zero attached hydrogens (tertiary/aromatic N) is 2. The van der Waals surface area contributed by atoms with Crippen molar-refractivity contribution in [3.05, 3.63) is 17.3 Å². The summed E-state index contributed by atoms with van der Waals surface area (Å²) < 4.78 is 0.943. The highest BCUT2D eigenvalue weighted by Gasteiger charge is 2.09. The minimum Gasteiger partial charge on any atom is -0.382 e. The molecule has 0 bridgehead atoms. The number of hydrogen-bond acceptors (Lipinski definition) is 4. The van der Waals surface area contributed by atoms with Gasteiger partial charge in [0.1, 0.15) is 13.9 Å². The zero-order valence-electron chi connectivity index (χ0n) is 9.53. The molecule has 2 aromatic rings. The van der Waals surface area contributed by atoms with Crippen LogP contribution in [0, 0.1) is 11.5 Å². The van der Waals surface area contributed by atoms with E-state index in [4.69, 9.17) is 5.73 Å². The third-order valence-corrected chi connectivity index (χ3v) is 3.68. The summed E-state index contributed by atoms with van der Waals surface area (Å²) in [6, 6.07) is 1.94. The fraction of sp³-hybridized carbons (Fsp3) is 0.273. The maximum Gasteiger partial charge on any atom is 0.206 e. The number of fused-ring (bicyclic) bond motifs is 1. The summed E-state index contributed by atoms with van der Waals surface area (Å²) in [5.74, 6) is 4.08. The molecule has 0 atom stereocenters. The van der Waals surface area contributed by atoms with Crippen molar-refractivity contribution in [1.29, 1.82) is 0 Å². The average Bonchev–Trinajstić information content (AvgIpc) is 2.62. The fourth-order valence-electron chi connectivity index (χ4n) is 1.19. The average molecular weight is 247 g/mol. The van der Waals surface area contributed by atoms with Crippen molar-refractivity contribution >= 4 is 35.4 Å². The number of anilines is 1. The highest BCUT2D eigenvalue weighted by Crippen LogP contribution is 2.23. The minimum atomic E-state index is -1.39. The Kier molecular flexibility index (Phi) is 2.70. The lowest BCUT2D eigenvalue weighted by Gasteiger charge is -2.03. The van der Waals surface area contributed by atoms with E-state index < -0.39 is 8.07 Å². The van der Waals surface area contributed by atoms with Gasteiger partial charge in [-0.15, -0.1) is 16.9 Å². The molecule has 2 heterocycles. The van der Waals surface area contributed by atoms with E-state index in [1.54, 1.807) is 11.3 Å². The van der Waals surface area contributed by atoms with E-state index in [2.05, 4.69) is 41.1 Å². The van der Waals surface area contributed by atoms with Crippen LogP contribution in [0.3, 0.4) is 0 Å². The van der Waals surface area contributed by atoms with E-state index in [1.807, 2.05) is 11.4 Å². The standard InChI is InChI=1S/C11H13N3SSi/c1-16(2,3)7-5-9-13-8-4-6-15-10(8)11(12)14-9/h4,6H,1-3H3,(H2,12,13,14). The molecule has 5 heteroatoms. The largest absolute Gasteiger partial charge is 0.382 e. The van der Waals surface area contributed by atoms with E-state index >= 15 is 0 Å². The predicted molar refractivity (Wildman–Crippen MR) is 72.1 cm³/mol. The predicted octanol–water partition coefficient (Wildman–Crippen LogP) is 2.50. The van der Waals surface area contributed by atoms with Gasteiger partial charge in [-0.2, -0.15) is 0 Å². The number of thiophene rings is 1. The Morgan fingerprint density at radius 1 is 1.31 bits per heavy atom. The summed E-state index contributed by atoms with van der Waals surface area (Å²) in [5.41, 5.74) is 9.96. The van der Waals surface area contributed by atoms with Gasteiger partial charge in [0.05, 0.1) is 10.2 Å². The Labute approximate surface area is 99.7 Å². The van der Waals surface area contributed by atoms with E-state index in [1.165, 1.54) is 0 Å². The molecule has 0 fully saturated rings. The number of nitrogens with two attached hydrogens (primary N) is 1. The number of rotatable bonds is 0. The van der Waals surface area contributed by atoms with Crippen LogP contribution >= 0.6 is 11.3 Å². The van der Waals surface area contributed by atoms with E-state index in [9.17, 15) is 0 Å². The van der Waals surface area contributed by atoms with Gasteiger partial charge in [0.2, 0.25) is 5.82 Å². The number of nitrogen functional groups attached to an aromatic ring is 1. The molecule has 0 spiro atoms. The first-order chi connectivity index (χ1) is 7.46. The smallest absolute Gasteiger partial charge is 0.206 e. The van der Waals surface area contributed by atoms with E-state index in [0.29, 0.717) is 11.6 Å². The Morgan fingerprint density at radius 3 is 2.75 bits per heavy atom. The first kappa shape index (κ1) is 11.1. The molecule has 0 aliphatic heterocycles. The van der Waals surface area contributed by atoms with Gasteiger partial charge >= 0.3 is 0 Å². The zero-order valence-corrected chi connectivity index (χ0v) is 11.4. The lowest BCUT2D eigenvalue weighted by molar-refractivity contribution is 1.19. The van der Waals surface area contributed by atoms with E-state index in [0.717, 1.165) is 10.2 Å². The van der Waals surface area contributed by atoms with Gasteiger partial charge in [-0.25, -0.2) is 9.97 Å². The first-order valence-corrected chi connectivity index (χ1v) is 9.37. The second-order valence-corrected chi connectivity index (χ2v) is 10.2. The Hall–Kier alpha value is -1.38. The summed E-state index contributed by atoms with van der Waals surface area (Å²) in [4.78, 5) is 8.57. The molecular formula is C11H13N3SSi. The van der Waals surface area contributed by atoms with Crippen LogP contribution in [0.1, 0.15) is 5.82 Å². The molecule has 82 valence electrons. The molecule has 0 aliphatic rings. The lowest BCUT2D eigenvalue weighted by atomic mass is 10.4. The third-order valence-electron chi connectivity index (χ3n) is 1.88. The summed E-state index contributed by atoms with van der Waals surface area (Å²) in [6.07, 6.45) is 0. The SMILES string of the molecule is C[Si](C)(C)C#Cc1nc(N)c2sccc2n1. The van der Waals surface area contributed by atoms with Crippen molar-refractivity contribution in [3.8, 4) is 11.5 Å². The summed E-state index contributed by atoms with van der Waals surface area (Å²) >= 11 is 1.56. The van der Waals surface area contributed by atoms with Gasteiger partial charge in [-0.3, -0.25) is 0 Å². The highest BCUT2D eigenvalue weighted by atomic mass is 32.1. The molecule has 2 rings (SSSR count). The van der Waals surface area contributed by atoms with Gasteiger partial charge in [0.15, 0.2) is 0 Å². The fourth-order valence-corrected chi connectivity index (χ4v) is 2.41. The van der Waals surface area contributed by atoms with Crippen LogP contribution in [-0.4, -0.2) is 18.0 Å². The lowest BCUT2D eigenvalue weighted by Crippen LogP contribution is -2.16. The molecular weight excluding hydrogens is 234 g/mol. The van der Waals surface area contributed by atoms with Crippen molar-refractivity contribution < 1.29 is 0 Å². The first-order valence-electron chi connectivity index (χ1n) is 4.99. The summed E-state index contributed by atoms with van der Waals surface area (Å²) in [7, 11) is -1.39. The monoisotopic (exact) mass is 247 g/mol. The molecule has 0 amide bonds. The maximum absolute atomic E-state index is 5.84. The molecule has 0 aromatic carbocycles. The molecule has 0 unspecified atom stereocenters. The third kappa shape index (κ3) is 2.40. The highest BCUT2D eigenvalue weighted by molar-refractivity contribution is 7.17. The molecule has 0 aliphatic carbocycles. The van der Waals surface area contributed by atoms with Crippen LogP contribution in [0.15, 0.2) is 11.4 Å². The van der Waals surface area contributed by atoms with Gasteiger partial charge in [0, 0.05) is 0 Å². The van der Waals surface area contributed by atoms with Crippen LogP contribution in [0.25, 0.3) is 10.2 Å². The number of aromatic nitrogens is 2. The summed E-state index contributed by atoms with van der Waals surface area (Å²) in [6.45, 7) is 6.56. The van der Waals surface area contributed by atoms with Gasteiger partial charge in [0.25, 0.3) is 0 Å². The molecule has 2 N–H and O–H groups in total. The Bertz CT molecular complexity index is 587. The van der Waals surface area contributed by atoms with Crippen LogP contribution in [0.2, 0.25) is 19.6 Å². The summed E-state index contributed by atoms with van der Waals surface area (Å²) in [5, 5.41) is 1.96. The number of hydrogen-bond donors (Lipinski definition) is 1. The molecule has 0 saturated carbocycles. The minimum absolute atomic E-state index is 0.528. The molecule has 3 nitrogen and oxygen atoms in total.